The molecule has 1 saturated heterocycles. The highest BCUT2D eigenvalue weighted by molar-refractivity contribution is 14.0. The highest BCUT2D eigenvalue weighted by Gasteiger charge is 2.36. The molecule has 2 fully saturated rings. The first-order valence-corrected chi connectivity index (χ1v) is 11.3. The van der Waals surface area contributed by atoms with Crippen molar-refractivity contribution in [3.8, 4) is 0 Å². The third kappa shape index (κ3) is 6.32. The molecule has 1 heterocycles. The molecular weight excluding hydrogens is 543 g/mol. The molecule has 162 valence electrons. The van der Waals surface area contributed by atoms with Gasteiger partial charge in [-0.15, -0.1) is 24.0 Å². The van der Waals surface area contributed by atoms with Crippen molar-refractivity contribution in [1.29, 1.82) is 0 Å². The second kappa shape index (κ2) is 11.5. The maximum absolute atomic E-state index is 11.6. The van der Waals surface area contributed by atoms with Crippen molar-refractivity contribution < 1.29 is 4.79 Å². The monoisotopic (exact) mass is 576 g/mol. The van der Waals surface area contributed by atoms with Crippen molar-refractivity contribution in [3.63, 3.8) is 0 Å². The zero-order chi connectivity index (χ0) is 20.0. The highest BCUT2D eigenvalue weighted by atomic mass is 127. The quantitative estimate of drug-likeness (QED) is 0.312. The molecule has 0 spiro atoms. The molecule has 3 rings (SSSR count). The van der Waals surface area contributed by atoms with Crippen LogP contribution in [0.4, 0.5) is 0 Å². The lowest BCUT2D eigenvalue weighted by Gasteiger charge is -2.36. The van der Waals surface area contributed by atoms with E-state index in [0.29, 0.717) is 12.3 Å². The van der Waals surface area contributed by atoms with E-state index in [2.05, 4.69) is 60.7 Å². The van der Waals surface area contributed by atoms with Crippen LogP contribution in [0.1, 0.15) is 50.5 Å². The Labute approximate surface area is 200 Å². The smallest absolute Gasteiger partial charge is 0.220 e. The third-order valence-corrected chi connectivity index (χ3v) is 7.01. The fourth-order valence-electron chi connectivity index (χ4n) is 4.72. The molecule has 0 bridgehead atoms. The van der Waals surface area contributed by atoms with E-state index in [4.69, 9.17) is 0 Å². The molecule has 0 radical (unpaired) electrons. The molecule has 1 aromatic carbocycles. The zero-order valence-corrected chi connectivity index (χ0v) is 21.5. The van der Waals surface area contributed by atoms with Gasteiger partial charge in [0.25, 0.3) is 0 Å². The van der Waals surface area contributed by atoms with Crippen molar-refractivity contribution in [2.24, 2.45) is 10.9 Å². The van der Waals surface area contributed by atoms with Crippen LogP contribution in [-0.2, 0) is 10.2 Å². The number of hydrogen-bond donors (Lipinski definition) is 2. The van der Waals surface area contributed by atoms with E-state index < -0.39 is 0 Å². The maximum atomic E-state index is 11.6. The summed E-state index contributed by atoms with van der Waals surface area (Å²) in [4.78, 5) is 18.5. The number of halogens is 2. The van der Waals surface area contributed by atoms with Gasteiger partial charge in [0, 0.05) is 50.0 Å². The number of nitrogens with zero attached hydrogens (tertiary/aromatic N) is 2. The Balaban J connectivity index is 0.00000300. The van der Waals surface area contributed by atoms with E-state index in [1.165, 1.54) is 31.2 Å². The minimum absolute atomic E-state index is 0. The lowest BCUT2D eigenvalue weighted by atomic mass is 9.79. The number of nitrogens with one attached hydrogen (secondary N) is 2. The van der Waals surface area contributed by atoms with Crippen LogP contribution in [-0.4, -0.2) is 50.5 Å². The first-order chi connectivity index (χ1) is 13.6. The minimum Gasteiger partial charge on any atom is -0.359 e. The molecule has 1 aliphatic carbocycles. The van der Waals surface area contributed by atoms with E-state index in [1.54, 1.807) is 7.05 Å². The predicted octanol–water partition coefficient (Wildman–Crippen LogP) is 4.30. The van der Waals surface area contributed by atoms with Gasteiger partial charge in [0.1, 0.15) is 0 Å². The first-order valence-electron chi connectivity index (χ1n) is 10.5. The summed E-state index contributed by atoms with van der Waals surface area (Å²) in [7, 11) is 3.59. The summed E-state index contributed by atoms with van der Waals surface area (Å²) in [6.45, 7) is 2.86. The second-order valence-corrected chi connectivity index (χ2v) is 9.12. The Morgan fingerprint density at radius 3 is 2.38 bits per heavy atom. The van der Waals surface area contributed by atoms with Crippen molar-refractivity contribution in [1.82, 2.24) is 15.5 Å². The van der Waals surface area contributed by atoms with Crippen LogP contribution in [0.25, 0.3) is 0 Å². The Bertz CT molecular complexity index is 681. The number of benzene rings is 1. The molecule has 2 aliphatic rings. The molecule has 1 aliphatic heterocycles. The molecular formula is C22H34BrIN4O. The summed E-state index contributed by atoms with van der Waals surface area (Å²) < 4.78 is 1.13. The van der Waals surface area contributed by atoms with E-state index in [-0.39, 0.29) is 35.3 Å². The molecule has 1 amide bonds. The van der Waals surface area contributed by atoms with Gasteiger partial charge >= 0.3 is 0 Å². The summed E-state index contributed by atoms with van der Waals surface area (Å²) in [6.07, 6.45) is 7.78. The van der Waals surface area contributed by atoms with Crippen LogP contribution in [0.2, 0.25) is 0 Å². The zero-order valence-electron chi connectivity index (χ0n) is 17.5. The summed E-state index contributed by atoms with van der Waals surface area (Å²) in [5.41, 5.74) is 1.63. The number of carbonyl (C=O) groups excluding carboxylic acids is 1. The van der Waals surface area contributed by atoms with Crippen LogP contribution >= 0.6 is 39.9 Å². The summed E-state index contributed by atoms with van der Waals surface area (Å²) >= 11 is 3.55. The number of amides is 1. The average Bonchev–Trinajstić information content (AvgIpc) is 3.20. The van der Waals surface area contributed by atoms with Gasteiger partial charge in [-0.3, -0.25) is 9.79 Å². The van der Waals surface area contributed by atoms with Crippen molar-refractivity contribution >= 4 is 51.8 Å². The van der Waals surface area contributed by atoms with Crippen LogP contribution in [0.15, 0.2) is 33.7 Å². The SMILES string of the molecule is CN=C(NCC1(c2ccc(Br)cc2)CCCC1)N1CCC(CC(=O)NC)CC1.I. The number of carbonyl (C=O) groups is 1. The number of guanidine groups is 1. The molecule has 2 N–H and O–H groups in total. The first kappa shape index (κ1) is 24.4. The largest absolute Gasteiger partial charge is 0.359 e. The van der Waals surface area contributed by atoms with E-state index in [9.17, 15) is 4.79 Å². The number of aliphatic imine (C=N–C) groups is 1. The van der Waals surface area contributed by atoms with Crippen molar-refractivity contribution in [2.45, 2.75) is 50.4 Å². The van der Waals surface area contributed by atoms with Gasteiger partial charge in [0.15, 0.2) is 5.96 Å². The van der Waals surface area contributed by atoms with E-state index in [0.717, 1.165) is 42.9 Å². The fourth-order valence-corrected chi connectivity index (χ4v) is 4.98. The van der Waals surface area contributed by atoms with Gasteiger partial charge in [-0.1, -0.05) is 40.9 Å². The number of piperidine rings is 1. The van der Waals surface area contributed by atoms with Crippen molar-refractivity contribution in [2.75, 3.05) is 33.7 Å². The Kier molecular flexibility index (Phi) is 9.72. The normalized spacial score (nSPS) is 19.6. The van der Waals surface area contributed by atoms with Gasteiger partial charge in [-0.25, -0.2) is 0 Å². The maximum Gasteiger partial charge on any atom is 0.220 e. The Hall–Kier alpha value is -0.830. The molecule has 0 aromatic heterocycles. The summed E-state index contributed by atoms with van der Waals surface area (Å²) in [5, 5.41) is 6.43. The van der Waals surface area contributed by atoms with Crippen LogP contribution in [0.5, 0.6) is 0 Å². The third-order valence-electron chi connectivity index (χ3n) is 6.48. The van der Waals surface area contributed by atoms with Crippen LogP contribution < -0.4 is 10.6 Å². The van der Waals surface area contributed by atoms with Crippen LogP contribution in [0.3, 0.4) is 0 Å². The lowest BCUT2D eigenvalue weighted by Crippen LogP contribution is -2.49. The van der Waals surface area contributed by atoms with Crippen molar-refractivity contribution in [3.05, 3.63) is 34.3 Å². The lowest BCUT2D eigenvalue weighted by molar-refractivity contribution is -0.121. The summed E-state index contributed by atoms with van der Waals surface area (Å²) in [6, 6.07) is 8.84. The van der Waals surface area contributed by atoms with E-state index in [1.807, 2.05) is 7.05 Å². The second-order valence-electron chi connectivity index (χ2n) is 8.20. The molecule has 0 atom stereocenters. The topological polar surface area (TPSA) is 56.7 Å². The van der Waals surface area contributed by atoms with Gasteiger partial charge in [0.05, 0.1) is 0 Å². The molecule has 5 nitrogen and oxygen atoms in total. The molecule has 29 heavy (non-hydrogen) atoms. The van der Waals surface area contributed by atoms with Gasteiger partial charge < -0.3 is 15.5 Å². The minimum atomic E-state index is 0. The Morgan fingerprint density at radius 2 is 1.83 bits per heavy atom. The van der Waals surface area contributed by atoms with Gasteiger partial charge in [0.2, 0.25) is 5.91 Å². The van der Waals surface area contributed by atoms with Gasteiger partial charge in [-0.2, -0.15) is 0 Å². The molecule has 1 aromatic rings. The molecule has 0 unspecified atom stereocenters. The highest BCUT2D eigenvalue weighted by Crippen LogP contribution is 2.41. The standard InChI is InChI=1S/C22H33BrN4O.HI/c1-24-20(28)15-17-9-13-27(14-10-17)21(25-2)26-16-22(11-3-4-12-22)18-5-7-19(23)8-6-18;/h5-8,17H,3-4,9-16H2,1-2H3,(H,24,28)(H,25,26);1H. The number of rotatable bonds is 5. The number of hydrogen-bond acceptors (Lipinski definition) is 2. The van der Waals surface area contributed by atoms with Crippen LogP contribution in [0, 0.1) is 5.92 Å². The molecule has 7 heteroatoms. The summed E-state index contributed by atoms with van der Waals surface area (Å²) in [5.74, 6) is 1.64. The van der Waals surface area contributed by atoms with Gasteiger partial charge in [-0.05, 0) is 49.3 Å². The fraction of sp³-hybridized carbons (Fsp3) is 0.636. The predicted molar refractivity (Wildman–Crippen MR) is 134 cm³/mol. The Morgan fingerprint density at radius 1 is 1.21 bits per heavy atom. The number of likely N-dealkylation sites (tertiary alicyclic amines) is 1. The average molecular weight is 577 g/mol. The molecule has 1 saturated carbocycles. The van der Waals surface area contributed by atoms with E-state index >= 15 is 0 Å².